The van der Waals surface area contributed by atoms with E-state index in [0.29, 0.717) is 18.5 Å². The van der Waals surface area contributed by atoms with E-state index in [0.717, 1.165) is 5.56 Å². The number of halogens is 1. The van der Waals surface area contributed by atoms with Crippen molar-refractivity contribution in [1.82, 2.24) is 0 Å². The van der Waals surface area contributed by atoms with Gasteiger partial charge in [-0.1, -0.05) is 12.1 Å². The van der Waals surface area contributed by atoms with E-state index < -0.39 is 5.97 Å². The van der Waals surface area contributed by atoms with Crippen molar-refractivity contribution in [2.45, 2.75) is 25.3 Å². The summed E-state index contributed by atoms with van der Waals surface area (Å²) in [6.07, 6.45) is 1.36. The second-order valence-corrected chi connectivity index (χ2v) is 3.75. The SMILES string of the molecule is O=C(O)CCC1Cc2cccc(F)c2N1. The highest BCUT2D eigenvalue weighted by atomic mass is 19.1. The zero-order chi connectivity index (χ0) is 10.8. The summed E-state index contributed by atoms with van der Waals surface area (Å²) < 4.78 is 13.3. The Morgan fingerprint density at radius 3 is 3.07 bits per heavy atom. The van der Waals surface area contributed by atoms with Gasteiger partial charge in [0, 0.05) is 12.5 Å². The number of aliphatic carboxylic acids is 1. The van der Waals surface area contributed by atoms with Crippen LogP contribution in [0.4, 0.5) is 10.1 Å². The molecule has 0 fully saturated rings. The fourth-order valence-corrected chi connectivity index (χ4v) is 1.89. The summed E-state index contributed by atoms with van der Waals surface area (Å²) >= 11 is 0. The molecule has 1 heterocycles. The highest BCUT2D eigenvalue weighted by molar-refractivity contribution is 5.67. The van der Waals surface area contributed by atoms with Crippen LogP contribution >= 0.6 is 0 Å². The monoisotopic (exact) mass is 209 g/mol. The van der Waals surface area contributed by atoms with Gasteiger partial charge in [0.2, 0.25) is 0 Å². The normalized spacial score (nSPS) is 18.3. The number of anilines is 1. The summed E-state index contributed by atoms with van der Waals surface area (Å²) in [4.78, 5) is 10.4. The third-order valence-corrected chi connectivity index (χ3v) is 2.62. The van der Waals surface area contributed by atoms with Crippen LogP contribution in [-0.4, -0.2) is 17.1 Å². The quantitative estimate of drug-likeness (QED) is 0.800. The number of carbonyl (C=O) groups is 1. The molecular formula is C11H12FNO2. The van der Waals surface area contributed by atoms with Gasteiger partial charge < -0.3 is 10.4 Å². The molecule has 2 rings (SSSR count). The summed E-state index contributed by atoms with van der Waals surface area (Å²) in [6.45, 7) is 0. The van der Waals surface area contributed by atoms with Gasteiger partial charge in [0.05, 0.1) is 5.69 Å². The Hall–Kier alpha value is -1.58. The highest BCUT2D eigenvalue weighted by Gasteiger charge is 2.23. The van der Waals surface area contributed by atoms with Crippen molar-refractivity contribution in [3.8, 4) is 0 Å². The van der Waals surface area contributed by atoms with Gasteiger partial charge in [0.1, 0.15) is 5.82 Å². The Labute approximate surface area is 86.9 Å². The van der Waals surface area contributed by atoms with Gasteiger partial charge in [0.15, 0.2) is 0 Å². The van der Waals surface area contributed by atoms with E-state index >= 15 is 0 Å². The van der Waals surface area contributed by atoms with Crippen molar-refractivity contribution in [2.75, 3.05) is 5.32 Å². The molecule has 1 unspecified atom stereocenters. The molecule has 1 atom stereocenters. The molecule has 1 aliphatic heterocycles. The number of carboxylic acid groups (broad SMARTS) is 1. The van der Waals surface area contributed by atoms with E-state index in [1.807, 2.05) is 6.07 Å². The number of nitrogens with one attached hydrogen (secondary N) is 1. The van der Waals surface area contributed by atoms with E-state index in [9.17, 15) is 9.18 Å². The smallest absolute Gasteiger partial charge is 0.303 e. The van der Waals surface area contributed by atoms with Crippen LogP contribution in [-0.2, 0) is 11.2 Å². The Kier molecular flexibility index (Phi) is 2.58. The fourth-order valence-electron chi connectivity index (χ4n) is 1.89. The van der Waals surface area contributed by atoms with Crippen LogP contribution in [0.25, 0.3) is 0 Å². The molecule has 0 amide bonds. The lowest BCUT2D eigenvalue weighted by Gasteiger charge is -2.08. The molecule has 4 heteroatoms. The molecule has 0 spiro atoms. The Morgan fingerprint density at radius 1 is 1.60 bits per heavy atom. The summed E-state index contributed by atoms with van der Waals surface area (Å²) in [5.74, 6) is -1.07. The first kappa shape index (κ1) is 9.96. The highest BCUT2D eigenvalue weighted by Crippen LogP contribution is 2.29. The topological polar surface area (TPSA) is 49.3 Å². The first-order chi connectivity index (χ1) is 7.16. The Bertz CT molecular complexity index is 392. The molecule has 0 saturated carbocycles. The van der Waals surface area contributed by atoms with Crippen LogP contribution in [0.5, 0.6) is 0 Å². The fraction of sp³-hybridized carbons (Fsp3) is 0.364. The number of rotatable bonds is 3. The number of fused-ring (bicyclic) bond motifs is 1. The van der Waals surface area contributed by atoms with Crippen molar-refractivity contribution in [3.05, 3.63) is 29.6 Å². The minimum absolute atomic E-state index is 0.0491. The number of carboxylic acids is 1. The Balaban J connectivity index is 2.03. The number of hydrogen-bond donors (Lipinski definition) is 2. The number of hydrogen-bond acceptors (Lipinski definition) is 2. The summed E-state index contributed by atoms with van der Waals surface area (Å²) in [6, 6.07) is 5.00. The molecule has 1 aromatic rings. The molecule has 0 aromatic heterocycles. The molecule has 0 radical (unpaired) electrons. The minimum Gasteiger partial charge on any atom is -0.481 e. The lowest BCUT2D eigenvalue weighted by Crippen LogP contribution is -2.17. The van der Waals surface area contributed by atoms with Crippen LogP contribution in [0.1, 0.15) is 18.4 Å². The maximum absolute atomic E-state index is 13.3. The molecule has 1 aliphatic rings. The largest absolute Gasteiger partial charge is 0.481 e. The lowest BCUT2D eigenvalue weighted by atomic mass is 10.1. The molecule has 0 aliphatic carbocycles. The van der Waals surface area contributed by atoms with Crippen LogP contribution < -0.4 is 5.32 Å². The lowest BCUT2D eigenvalue weighted by molar-refractivity contribution is -0.137. The maximum atomic E-state index is 13.3. The van der Waals surface area contributed by atoms with Crippen molar-refractivity contribution >= 4 is 11.7 Å². The zero-order valence-corrected chi connectivity index (χ0v) is 8.16. The van der Waals surface area contributed by atoms with Crippen molar-refractivity contribution in [3.63, 3.8) is 0 Å². The minimum atomic E-state index is -0.812. The average Bonchev–Trinajstić information content (AvgIpc) is 2.59. The third-order valence-electron chi connectivity index (χ3n) is 2.62. The van der Waals surface area contributed by atoms with Crippen LogP contribution in [0.2, 0.25) is 0 Å². The first-order valence-electron chi connectivity index (χ1n) is 4.92. The van der Waals surface area contributed by atoms with E-state index in [1.165, 1.54) is 6.07 Å². The zero-order valence-electron chi connectivity index (χ0n) is 8.16. The van der Waals surface area contributed by atoms with Crippen molar-refractivity contribution in [2.24, 2.45) is 0 Å². The van der Waals surface area contributed by atoms with Crippen LogP contribution in [0.15, 0.2) is 18.2 Å². The summed E-state index contributed by atoms with van der Waals surface area (Å²) in [5, 5.41) is 11.6. The van der Waals surface area contributed by atoms with Gasteiger partial charge in [-0.25, -0.2) is 4.39 Å². The van der Waals surface area contributed by atoms with E-state index in [1.54, 1.807) is 6.07 Å². The third kappa shape index (κ3) is 2.09. The summed E-state index contributed by atoms with van der Waals surface area (Å²) in [5.41, 5.74) is 1.47. The summed E-state index contributed by atoms with van der Waals surface area (Å²) in [7, 11) is 0. The predicted molar refractivity (Wildman–Crippen MR) is 54.4 cm³/mol. The van der Waals surface area contributed by atoms with Crippen LogP contribution in [0.3, 0.4) is 0 Å². The van der Waals surface area contributed by atoms with Gasteiger partial charge in [-0.2, -0.15) is 0 Å². The molecule has 1 aromatic carbocycles. The van der Waals surface area contributed by atoms with Crippen molar-refractivity contribution < 1.29 is 14.3 Å². The maximum Gasteiger partial charge on any atom is 0.303 e. The van der Waals surface area contributed by atoms with E-state index in [-0.39, 0.29) is 18.3 Å². The molecule has 0 saturated heterocycles. The molecule has 3 nitrogen and oxygen atoms in total. The first-order valence-corrected chi connectivity index (χ1v) is 4.92. The second-order valence-electron chi connectivity index (χ2n) is 3.75. The van der Waals surface area contributed by atoms with Crippen LogP contribution in [0, 0.1) is 5.82 Å². The number of benzene rings is 1. The molecule has 15 heavy (non-hydrogen) atoms. The standard InChI is InChI=1S/C11H12FNO2/c12-9-3-1-2-7-6-8(13-11(7)9)4-5-10(14)15/h1-3,8,13H,4-6H2,(H,14,15). The van der Waals surface area contributed by atoms with E-state index in [2.05, 4.69) is 5.32 Å². The average molecular weight is 209 g/mol. The molecule has 2 N–H and O–H groups in total. The Morgan fingerprint density at radius 2 is 2.40 bits per heavy atom. The van der Waals surface area contributed by atoms with Gasteiger partial charge >= 0.3 is 5.97 Å². The molecule has 0 bridgehead atoms. The second kappa shape index (κ2) is 3.88. The molecule has 80 valence electrons. The number of para-hydroxylation sites is 1. The van der Waals surface area contributed by atoms with Crippen molar-refractivity contribution in [1.29, 1.82) is 0 Å². The predicted octanol–water partition coefficient (Wildman–Crippen LogP) is 2.03. The van der Waals surface area contributed by atoms with Gasteiger partial charge in [-0.15, -0.1) is 0 Å². The van der Waals surface area contributed by atoms with E-state index in [4.69, 9.17) is 5.11 Å². The molecular weight excluding hydrogens is 197 g/mol. The van der Waals surface area contributed by atoms with Gasteiger partial charge in [-0.05, 0) is 24.5 Å². The van der Waals surface area contributed by atoms with Gasteiger partial charge in [0.25, 0.3) is 0 Å². The van der Waals surface area contributed by atoms with Gasteiger partial charge in [-0.3, -0.25) is 4.79 Å².